The SMILES string of the molecule is NCC1CN(Cc2cc(F)cc([N+](=O)[O-])c2)CCO1. The zero-order chi connectivity index (χ0) is 13.8. The van der Waals surface area contributed by atoms with Crippen LogP contribution in [0.1, 0.15) is 5.56 Å². The topological polar surface area (TPSA) is 81.6 Å². The summed E-state index contributed by atoms with van der Waals surface area (Å²) in [5, 5.41) is 10.7. The first kappa shape index (κ1) is 13.9. The maximum atomic E-state index is 13.3. The third-order valence-corrected chi connectivity index (χ3v) is 3.05. The number of non-ortho nitro benzene ring substituents is 1. The lowest BCUT2D eigenvalue weighted by atomic mass is 10.1. The number of ether oxygens (including phenoxy) is 1. The highest BCUT2D eigenvalue weighted by Crippen LogP contribution is 2.18. The molecule has 1 aliphatic rings. The first-order valence-corrected chi connectivity index (χ1v) is 6.06. The van der Waals surface area contributed by atoms with E-state index in [4.69, 9.17) is 10.5 Å². The van der Waals surface area contributed by atoms with Crippen LogP contribution in [0.2, 0.25) is 0 Å². The second-order valence-electron chi connectivity index (χ2n) is 4.54. The van der Waals surface area contributed by atoms with E-state index in [1.807, 2.05) is 0 Å². The Bertz CT molecular complexity index is 470. The smallest absolute Gasteiger partial charge is 0.272 e. The van der Waals surface area contributed by atoms with E-state index in [9.17, 15) is 14.5 Å². The van der Waals surface area contributed by atoms with Crippen molar-refractivity contribution in [3.63, 3.8) is 0 Å². The molecule has 6 nitrogen and oxygen atoms in total. The molecule has 19 heavy (non-hydrogen) atoms. The van der Waals surface area contributed by atoms with Gasteiger partial charge in [-0.3, -0.25) is 15.0 Å². The summed E-state index contributed by atoms with van der Waals surface area (Å²) >= 11 is 0. The molecule has 1 aliphatic heterocycles. The number of hydrogen-bond donors (Lipinski definition) is 1. The molecule has 1 aromatic carbocycles. The fourth-order valence-corrected chi connectivity index (χ4v) is 2.15. The van der Waals surface area contributed by atoms with Crippen LogP contribution in [-0.4, -0.2) is 42.2 Å². The zero-order valence-electron chi connectivity index (χ0n) is 10.4. The minimum absolute atomic E-state index is 0.0303. The molecule has 104 valence electrons. The fourth-order valence-electron chi connectivity index (χ4n) is 2.15. The van der Waals surface area contributed by atoms with Gasteiger partial charge in [-0.1, -0.05) is 0 Å². The van der Waals surface area contributed by atoms with Crippen LogP contribution in [-0.2, 0) is 11.3 Å². The highest BCUT2D eigenvalue weighted by molar-refractivity contribution is 5.35. The van der Waals surface area contributed by atoms with Gasteiger partial charge in [0.15, 0.2) is 0 Å². The number of nitro groups is 1. The highest BCUT2D eigenvalue weighted by atomic mass is 19.1. The number of benzene rings is 1. The van der Waals surface area contributed by atoms with Gasteiger partial charge in [0.05, 0.1) is 23.7 Å². The summed E-state index contributed by atoms with van der Waals surface area (Å²) in [6.45, 7) is 2.82. The van der Waals surface area contributed by atoms with Crippen LogP contribution < -0.4 is 5.73 Å². The van der Waals surface area contributed by atoms with E-state index in [0.29, 0.717) is 38.3 Å². The minimum atomic E-state index is -0.590. The number of rotatable bonds is 4. The van der Waals surface area contributed by atoms with Crippen LogP contribution in [0, 0.1) is 15.9 Å². The monoisotopic (exact) mass is 269 g/mol. The summed E-state index contributed by atoms with van der Waals surface area (Å²) in [5.41, 5.74) is 5.91. The van der Waals surface area contributed by atoms with Crippen LogP contribution in [0.15, 0.2) is 18.2 Å². The first-order valence-electron chi connectivity index (χ1n) is 6.06. The van der Waals surface area contributed by atoms with Crippen molar-refractivity contribution < 1.29 is 14.1 Å². The van der Waals surface area contributed by atoms with Crippen molar-refractivity contribution in [3.8, 4) is 0 Å². The van der Waals surface area contributed by atoms with Gasteiger partial charge in [-0.25, -0.2) is 4.39 Å². The number of morpholine rings is 1. The van der Waals surface area contributed by atoms with Crippen molar-refractivity contribution in [1.29, 1.82) is 0 Å². The average molecular weight is 269 g/mol. The first-order chi connectivity index (χ1) is 9.08. The molecule has 0 spiro atoms. The molecule has 0 amide bonds. The Morgan fingerprint density at radius 2 is 2.32 bits per heavy atom. The Morgan fingerprint density at radius 1 is 1.53 bits per heavy atom. The molecule has 0 bridgehead atoms. The van der Waals surface area contributed by atoms with E-state index in [1.54, 1.807) is 0 Å². The maximum absolute atomic E-state index is 13.3. The molecule has 1 fully saturated rings. The molecule has 1 unspecified atom stereocenters. The molecule has 1 heterocycles. The second-order valence-corrected chi connectivity index (χ2v) is 4.54. The molecule has 0 saturated carbocycles. The third-order valence-electron chi connectivity index (χ3n) is 3.05. The zero-order valence-corrected chi connectivity index (χ0v) is 10.4. The Balaban J connectivity index is 2.08. The molecule has 2 rings (SSSR count). The standard InChI is InChI=1S/C12H16FN3O3/c13-10-3-9(4-11(5-10)16(17)18)7-15-1-2-19-12(6-14)8-15/h3-5,12H,1-2,6-8,14H2. The molecular formula is C12H16FN3O3. The summed E-state index contributed by atoms with van der Waals surface area (Å²) in [6, 6.07) is 3.64. The van der Waals surface area contributed by atoms with Gasteiger partial charge in [0, 0.05) is 32.2 Å². The molecule has 0 aliphatic carbocycles. The van der Waals surface area contributed by atoms with E-state index in [1.165, 1.54) is 12.1 Å². The van der Waals surface area contributed by atoms with Crippen molar-refractivity contribution in [2.45, 2.75) is 12.6 Å². The Morgan fingerprint density at radius 3 is 3.00 bits per heavy atom. The number of nitrogens with zero attached hydrogens (tertiary/aromatic N) is 2. The van der Waals surface area contributed by atoms with E-state index in [-0.39, 0.29) is 11.8 Å². The lowest BCUT2D eigenvalue weighted by Crippen LogP contribution is -2.45. The van der Waals surface area contributed by atoms with E-state index in [0.717, 1.165) is 6.07 Å². The lowest BCUT2D eigenvalue weighted by Gasteiger charge is -2.32. The average Bonchev–Trinajstić information content (AvgIpc) is 2.38. The van der Waals surface area contributed by atoms with E-state index >= 15 is 0 Å². The van der Waals surface area contributed by atoms with Crippen molar-refractivity contribution in [1.82, 2.24) is 4.90 Å². The van der Waals surface area contributed by atoms with Gasteiger partial charge in [-0.15, -0.1) is 0 Å². The largest absolute Gasteiger partial charge is 0.374 e. The molecule has 1 aromatic rings. The molecule has 0 aromatic heterocycles. The minimum Gasteiger partial charge on any atom is -0.374 e. The van der Waals surface area contributed by atoms with Crippen LogP contribution in [0.3, 0.4) is 0 Å². The van der Waals surface area contributed by atoms with E-state index in [2.05, 4.69) is 4.90 Å². The van der Waals surface area contributed by atoms with Crippen LogP contribution >= 0.6 is 0 Å². The Labute approximate surface area is 110 Å². The van der Waals surface area contributed by atoms with Crippen LogP contribution in [0.25, 0.3) is 0 Å². The predicted molar refractivity (Wildman–Crippen MR) is 67.1 cm³/mol. The number of nitrogens with two attached hydrogens (primary N) is 1. The van der Waals surface area contributed by atoms with Gasteiger partial charge in [0.2, 0.25) is 0 Å². The van der Waals surface area contributed by atoms with Gasteiger partial charge in [-0.2, -0.15) is 0 Å². The second kappa shape index (κ2) is 6.05. The normalized spacial score (nSPS) is 20.4. The number of hydrogen-bond acceptors (Lipinski definition) is 5. The third kappa shape index (κ3) is 3.69. The van der Waals surface area contributed by atoms with Crippen LogP contribution in [0.4, 0.5) is 10.1 Å². The molecule has 0 radical (unpaired) electrons. The molecule has 1 saturated heterocycles. The maximum Gasteiger partial charge on any atom is 0.272 e. The summed E-state index contributed by atoms with van der Waals surface area (Å²) in [4.78, 5) is 12.2. The van der Waals surface area contributed by atoms with Crippen molar-refractivity contribution in [2.75, 3.05) is 26.2 Å². The summed E-state index contributed by atoms with van der Waals surface area (Å²) < 4.78 is 18.7. The molecular weight excluding hydrogens is 253 g/mol. The van der Waals surface area contributed by atoms with Gasteiger partial charge in [0.25, 0.3) is 5.69 Å². The number of nitro benzene ring substituents is 1. The van der Waals surface area contributed by atoms with E-state index < -0.39 is 10.7 Å². The van der Waals surface area contributed by atoms with Gasteiger partial charge in [0.1, 0.15) is 5.82 Å². The van der Waals surface area contributed by atoms with Crippen molar-refractivity contribution >= 4 is 5.69 Å². The summed E-state index contributed by atoms with van der Waals surface area (Å²) in [5.74, 6) is -0.590. The molecule has 2 N–H and O–H groups in total. The number of halogens is 1. The van der Waals surface area contributed by atoms with Crippen molar-refractivity contribution in [3.05, 3.63) is 39.7 Å². The molecule has 1 atom stereocenters. The predicted octanol–water partition coefficient (Wildman–Crippen LogP) is 0.893. The lowest BCUT2D eigenvalue weighted by molar-refractivity contribution is -0.385. The highest BCUT2D eigenvalue weighted by Gasteiger charge is 2.20. The summed E-state index contributed by atoms with van der Waals surface area (Å²) in [6.07, 6.45) is -0.0303. The Hall–Kier alpha value is -1.57. The fraction of sp³-hybridized carbons (Fsp3) is 0.500. The van der Waals surface area contributed by atoms with Crippen LogP contribution in [0.5, 0.6) is 0 Å². The molecule has 7 heteroatoms. The van der Waals surface area contributed by atoms with Crippen molar-refractivity contribution in [2.24, 2.45) is 5.73 Å². The Kier molecular flexibility index (Phi) is 4.41. The quantitative estimate of drug-likeness (QED) is 0.648. The van der Waals surface area contributed by atoms with Gasteiger partial charge >= 0.3 is 0 Å². The van der Waals surface area contributed by atoms with Gasteiger partial charge < -0.3 is 10.5 Å². The summed E-state index contributed by atoms with van der Waals surface area (Å²) in [7, 11) is 0. The van der Waals surface area contributed by atoms with Gasteiger partial charge in [-0.05, 0) is 11.6 Å².